The second-order valence-electron chi connectivity index (χ2n) is 3.80. The molecule has 1 aromatic carbocycles. The van der Waals surface area contributed by atoms with Crippen molar-refractivity contribution in [1.82, 2.24) is 0 Å². The Balaban J connectivity index is 3.07. The third kappa shape index (κ3) is 5.24. The molecule has 0 aliphatic carbocycles. The summed E-state index contributed by atoms with van der Waals surface area (Å²) in [5, 5.41) is 0. The SMILES string of the molecule is CCOC(=O)c1ccc(CCC=O)c(SC(F)(F)F)c1. The van der Waals surface area contributed by atoms with Gasteiger partial charge in [0.1, 0.15) is 6.29 Å². The third-order valence-corrected chi connectivity index (χ3v) is 3.17. The van der Waals surface area contributed by atoms with Crippen LogP contribution in [0.15, 0.2) is 23.1 Å². The van der Waals surface area contributed by atoms with Crippen LogP contribution in [0.2, 0.25) is 0 Å². The molecule has 0 aliphatic rings. The molecule has 0 spiro atoms. The lowest BCUT2D eigenvalue weighted by Crippen LogP contribution is -2.07. The first kappa shape index (κ1) is 16.6. The molecule has 0 N–H and O–H groups in total. The Hall–Kier alpha value is -1.50. The van der Waals surface area contributed by atoms with Gasteiger partial charge in [-0.3, -0.25) is 0 Å². The van der Waals surface area contributed by atoms with Gasteiger partial charge in [0.15, 0.2) is 0 Å². The monoisotopic (exact) mass is 306 g/mol. The number of esters is 1. The van der Waals surface area contributed by atoms with E-state index in [1.54, 1.807) is 6.92 Å². The van der Waals surface area contributed by atoms with Gasteiger partial charge in [-0.1, -0.05) is 6.07 Å². The zero-order valence-corrected chi connectivity index (χ0v) is 11.5. The van der Waals surface area contributed by atoms with E-state index in [1.165, 1.54) is 12.1 Å². The highest BCUT2D eigenvalue weighted by Gasteiger charge is 2.30. The van der Waals surface area contributed by atoms with Crippen molar-refractivity contribution in [3.8, 4) is 0 Å². The van der Waals surface area contributed by atoms with E-state index in [4.69, 9.17) is 4.74 Å². The number of aryl methyl sites for hydroxylation is 1. The zero-order chi connectivity index (χ0) is 15.2. The summed E-state index contributed by atoms with van der Waals surface area (Å²) in [6, 6.07) is 3.97. The number of carbonyl (C=O) groups excluding carboxylic acids is 2. The largest absolute Gasteiger partial charge is 0.462 e. The maximum Gasteiger partial charge on any atom is 0.446 e. The van der Waals surface area contributed by atoms with Crippen LogP contribution in [0.1, 0.15) is 29.3 Å². The van der Waals surface area contributed by atoms with Crippen LogP contribution >= 0.6 is 11.8 Å². The second-order valence-corrected chi connectivity index (χ2v) is 4.90. The number of halogens is 3. The highest BCUT2D eigenvalue weighted by atomic mass is 32.2. The number of benzene rings is 1. The number of carbonyl (C=O) groups is 2. The lowest BCUT2D eigenvalue weighted by Gasteiger charge is -2.12. The van der Waals surface area contributed by atoms with E-state index in [-0.39, 0.29) is 41.7 Å². The van der Waals surface area contributed by atoms with Gasteiger partial charge in [-0.2, -0.15) is 13.2 Å². The van der Waals surface area contributed by atoms with Gasteiger partial charge in [0, 0.05) is 11.3 Å². The molecule has 3 nitrogen and oxygen atoms in total. The molecule has 0 atom stereocenters. The van der Waals surface area contributed by atoms with Crippen molar-refractivity contribution >= 4 is 24.0 Å². The predicted molar refractivity (Wildman–Crippen MR) is 68.7 cm³/mol. The van der Waals surface area contributed by atoms with Crippen molar-refractivity contribution in [2.24, 2.45) is 0 Å². The minimum atomic E-state index is -4.46. The summed E-state index contributed by atoms with van der Waals surface area (Å²) in [6.07, 6.45) is 0.969. The molecule has 0 aromatic heterocycles. The number of aldehydes is 1. The fraction of sp³-hybridized carbons (Fsp3) is 0.385. The summed E-state index contributed by atoms with van der Waals surface area (Å²) < 4.78 is 42.3. The molecular formula is C13H13F3O3S. The smallest absolute Gasteiger partial charge is 0.446 e. The summed E-state index contributed by atoms with van der Waals surface area (Å²) >= 11 is -0.296. The zero-order valence-electron chi connectivity index (χ0n) is 10.7. The van der Waals surface area contributed by atoms with E-state index < -0.39 is 11.5 Å². The van der Waals surface area contributed by atoms with E-state index >= 15 is 0 Å². The van der Waals surface area contributed by atoms with Crippen molar-refractivity contribution in [1.29, 1.82) is 0 Å². The van der Waals surface area contributed by atoms with Crippen LogP contribution in [0.5, 0.6) is 0 Å². The van der Waals surface area contributed by atoms with E-state index in [1.807, 2.05) is 0 Å². The molecule has 0 bridgehead atoms. The van der Waals surface area contributed by atoms with Gasteiger partial charge < -0.3 is 9.53 Å². The number of ether oxygens (including phenoxy) is 1. The molecule has 0 heterocycles. The molecule has 1 rings (SSSR count). The first-order valence-corrected chi connectivity index (χ1v) is 6.68. The fourth-order valence-corrected chi connectivity index (χ4v) is 2.27. The minimum Gasteiger partial charge on any atom is -0.462 e. The molecule has 0 aliphatic heterocycles. The van der Waals surface area contributed by atoms with Crippen molar-refractivity contribution in [2.75, 3.05) is 6.61 Å². The summed E-state index contributed by atoms with van der Waals surface area (Å²) in [4.78, 5) is 21.8. The van der Waals surface area contributed by atoms with Crippen molar-refractivity contribution in [3.63, 3.8) is 0 Å². The predicted octanol–water partition coefficient (Wildman–Crippen LogP) is 3.61. The quantitative estimate of drug-likeness (QED) is 0.457. The highest BCUT2D eigenvalue weighted by molar-refractivity contribution is 8.00. The summed E-state index contributed by atoms with van der Waals surface area (Å²) in [5.74, 6) is -0.668. The summed E-state index contributed by atoms with van der Waals surface area (Å²) in [5.41, 5.74) is -4.01. The normalized spacial score (nSPS) is 11.2. The van der Waals surface area contributed by atoms with Gasteiger partial charge in [0.25, 0.3) is 0 Å². The second kappa shape index (κ2) is 7.33. The van der Waals surface area contributed by atoms with Crippen LogP contribution in [0.4, 0.5) is 13.2 Å². The van der Waals surface area contributed by atoms with Gasteiger partial charge in [0.2, 0.25) is 0 Å². The average molecular weight is 306 g/mol. The Bertz CT molecular complexity index is 486. The summed E-state index contributed by atoms with van der Waals surface area (Å²) in [6.45, 7) is 1.76. The molecule has 0 fully saturated rings. The number of hydrogen-bond donors (Lipinski definition) is 0. The molecule has 110 valence electrons. The van der Waals surface area contributed by atoms with E-state index in [0.29, 0.717) is 11.8 Å². The van der Waals surface area contributed by atoms with E-state index in [0.717, 1.165) is 6.07 Å². The van der Waals surface area contributed by atoms with Crippen molar-refractivity contribution in [3.05, 3.63) is 29.3 Å². The molecular weight excluding hydrogens is 293 g/mol. The molecule has 0 saturated carbocycles. The molecule has 0 radical (unpaired) electrons. The van der Waals surface area contributed by atoms with Crippen molar-refractivity contribution in [2.45, 2.75) is 30.2 Å². The standard InChI is InChI=1S/C13H13F3O3S/c1-2-19-12(18)10-6-5-9(4-3-7-17)11(8-10)20-13(14,15)16/h5-8H,2-4H2,1H3. The van der Waals surface area contributed by atoms with E-state index in [2.05, 4.69) is 0 Å². The number of hydrogen-bond acceptors (Lipinski definition) is 4. The van der Waals surface area contributed by atoms with Gasteiger partial charge in [-0.15, -0.1) is 0 Å². The first-order chi connectivity index (χ1) is 9.37. The van der Waals surface area contributed by atoms with Crippen molar-refractivity contribution < 1.29 is 27.5 Å². The van der Waals surface area contributed by atoms with Gasteiger partial charge in [0.05, 0.1) is 12.2 Å². The fourth-order valence-electron chi connectivity index (χ4n) is 1.54. The molecule has 1 aromatic rings. The Morgan fingerprint density at radius 3 is 2.65 bits per heavy atom. The lowest BCUT2D eigenvalue weighted by molar-refractivity contribution is -0.107. The third-order valence-electron chi connectivity index (χ3n) is 2.34. The lowest BCUT2D eigenvalue weighted by atomic mass is 10.1. The average Bonchev–Trinajstić information content (AvgIpc) is 2.35. The van der Waals surface area contributed by atoms with Crippen LogP contribution in [0.25, 0.3) is 0 Å². The summed E-state index contributed by atoms with van der Waals surface area (Å²) in [7, 11) is 0. The van der Waals surface area contributed by atoms with Crippen LogP contribution in [0, 0.1) is 0 Å². The van der Waals surface area contributed by atoms with Gasteiger partial charge in [-0.05, 0) is 42.8 Å². The molecule has 0 saturated heterocycles. The molecule has 0 unspecified atom stereocenters. The van der Waals surface area contributed by atoms with E-state index in [9.17, 15) is 22.8 Å². The number of thioether (sulfide) groups is 1. The number of alkyl halides is 3. The molecule has 0 amide bonds. The molecule has 20 heavy (non-hydrogen) atoms. The molecule has 7 heteroatoms. The van der Waals surface area contributed by atoms with Gasteiger partial charge >= 0.3 is 11.5 Å². The van der Waals surface area contributed by atoms with Crippen LogP contribution in [0.3, 0.4) is 0 Å². The highest BCUT2D eigenvalue weighted by Crippen LogP contribution is 2.39. The Morgan fingerprint density at radius 1 is 1.40 bits per heavy atom. The van der Waals surface area contributed by atoms with Crippen LogP contribution < -0.4 is 0 Å². The van der Waals surface area contributed by atoms with Crippen LogP contribution in [-0.4, -0.2) is 24.4 Å². The minimum absolute atomic E-state index is 0.0634. The first-order valence-electron chi connectivity index (χ1n) is 5.86. The maximum atomic E-state index is 12.5. The number of rotatable bonds is 6. The van der Waals surface area contributed by atoms with Gasteiger partial charge in [-0.25, -0.2) is 4.79 Å². The Morgan fingerprint density at radius 2 is 2.10 bits per heavy atom. The Kier molecular flexibility index (Phi) is 6.06. The topological polar surface area (TPSA) is 43.4 Å². The maximum absolute atomic E-state index is 12.5. The van der Waals surface area contributed by atoms with Crippen LogP contribution in [-0.2, 0) is 16.0 Å². The Labute approximate surface area is 118 Å².